The SMILES string of the molecule is Cc1nc(CNS(=O)(=O)c2cc(N)c(C)c(Cl)c2)cs1. The number of sulfonamides is 1. The summed E-state index contributed by atoms with van der Waals surface area (Å²) < 4.78 is 26.8. The minimum atomic E-state index is -3.66. The highest BCUT2D eigenvalue weighted by atomic mass is 35.5. The topological polar surface area (TPSA) is 85.1 Å². The molecule has 0 unspecified atom stereocenters. The van der Waals surface area contributed by atoms with Crippen molar-refractivity contribution in [2.45, 2.75) is 25.3 Å². The molecule has 0 aliphatic heterocycles. The van der Waals surface area contributed by atoms with Gasteiger partial charge in [0, 0.05) is 16.1 Å². The van der Waals surface area contributed by atoms with Crippen LogP contribution < -0.4 is 10.5 Å². The third kappa shape index (κ3) is 3.29. The van der Waals surface area contributed by atoms with Gasteiger partial charge in [-0.15, -0.1) is 11.3 Å². The minimum Gasteiger partial charge on any atom is -0.398 e. The highest BCUT2D eigenvalue weighted by Crippen LogP contribution is 2.25. The van der Waals surface area contributed by atoms with Crippen LogP contribution in [0.4, 0.5) is 5.69 Å². The van der Waals surface area contributed by atoms with Gasteiger partial charge in [0.2, 0.25) is 10.0 Å². The van der Waals surface area contributed by atoms with Gasteiger partial charge in [-0.2, -0.15) is 0 Å². The van der Waals surface area contributed by atoms with Crippen LogP contribution in [0.3, 0.4) is 0 Å². The summed E-state index contributed by atoms with van der Waals surface area (Å²) in [6, 6.07) is 2.79. The number of aromatic nitrogens is 1. The number of nitrogens with zero attached hydrogens (tertiary/aromatic N) is 1. The number of nitrogens with two attached hydrogens (primary N) is 1. The van der Waals surface area contributed by atoms with Gasteiger partial charge in [0.15, 0.2) is 0 Å². The number of rotatable bonds is 4. The van der Waals surface area contributed by atoms with Crippen molar-refractivity contribution in [3.05, 3.63) is 38.8 Å². The number of nitrogen functional groups attached to an aromatic ring is 1. The monoisotopic (exact) mass is 331 g/mol. The number of thiazole rings is 1. The predicted octanol–water partition coefficient (Wildman–Crippen LogP) is 2.47. The summed E-state index contributed by atoms with van der Waals surface area (Å²) in [6.45, 7) is 3.74. The second-order valence-electron chi connectivity index (χ2n) is 4.30. The van der Waals surface area contributed by atoms with Crippen molar-refractivity contribution < 1.29 is 8.42 Å². The zero-order valence-corrected chi connectivity index (χ0v) is 13.4. The van der Waals surface area contributed by atoms with Crippen LogP contribution >= 0.6 is 22.9 Å². The van der Waals surface area contributed by atoms with Gasteiger partial charge in [0.05, 0.1) is 22.1 Å². The molecule has 2 aromatic rings. The number of aryl methyl sites for hydroxylation is 1. The molecular formula is C12H14ClN3O2S2. The average Bonchev–Trinajstić information content (AvgIpc) is 2.79. The van der Waals surface area contributed by atoms with Gasteiger partial charge in [0.25, 0.3) is 0 Å². The molecule has 0 spiro atoms. The molecule has 0 saturated carbocycles. The first kappa shape index (κ1) is 15.2. The summed E-state index contributed by atoms with van der Waals surface area (Å²) in [5.41, 5.74) is 7.44. The number of halogens is 1. The maximum atomic E-state index is 12.2. The van der Waals surface area contributed by atoms with Crippen molar-refractivity contribution in [2.75, 3.05) is 5.73 Å². The van der Waals surface area contributed by atoms with E-state index < -0.39 is 10.0 Å². The molecule has 108 valence electrons. The zero-order chi connectivity index (χ0) is 14.9. The van der Waals surface area contributed by atoms with E-state index in [1.165, 1.54) is 23.5 Å². The highest BCUT2D eigenvalue weighted by molar-refractivity contribution is 7.89. The van der Waals surface area contributed by atoms with Crippen LogP contribution in [-0.2, 0) is 16.6 Å². The Labute approximate surface area is 126 Å². The lowest BCUT2D eigenvalue weighted by Crippen LogP contribution is -2.23. The fraction of sp³-hybridized carbons (Fsp3) is 0.250. The van der Waals surface area contributed by atoms with E-state index in [-0.39, 0.29) is 11.4 Å². The van der Waals surface area contributed by atoms with E-state index in [9.17, 15) is 8.42 Å². The third-order valence-electron chi connectivity index (χ3n) is 2.78. The molecule has 1 aromatic heterocycles. The second-order valence-corrected chi connectivity index (χ2v) is 7.54. The van der Waals surface area contributed by atoms with Gasteiger partial charge in [-0.3, -0.25) is 0 Å². The lowest BCUT2D eigenvalue weighted by Gasteiger charge is -2.09. The molecule has 0 fully saturated rings. The first-order chi connectivity index (χ1) is 9.29. The van der Waals surface area contributed by atoms with Gasteiger partial charge in [-0.25, -0.2) is 18.1 Å². The molecule has 3 N–H and O–H groups in total. The molecule has 0 amide bonds. The molecule has 0 radical (unpaired) electrons. The minimum absolute atomic E-state index is 0.0533. The lowest BCUT2D eigenvalue weighted by atomic mass is 10.2. The number of benzene rings is 1. The lowest BCUT2D eigenvalue weighted by molar-refractivity contribution is 0.580. The van der Waals surface area contributed by atoms with Crippen molar-refractivity contribution >= 4 is 38.6 Å². The molecule has 5 nitrogen and oxygen atoms in total. The van der Waals surface area contributed by atoms with Gasteiger partial charge in [-0.1, -0.05) is 11.6 Å². The molecule has 0 aliphatic rings. The smallest absolute Gasteiger partial charge is 0.241 e. The molecule has 0 aliphatic carbocycles. The average molecular weight is 332 g/mol. The van der Waals surface area contributed by atoms with Crippen molar-refractivity contribution in [1.82, 2.24) is 9.71 Å². The summed E-state index contributed by atoms with van der Waals surface area (Å²) in [6.07, 6.45) is 0. The highest BCUT2D eigenvalue weighted by Gasteiger charge is 2.17. The van der Waals surface area contributed by atoms with Crippen LogP contribution in [0.1, 0.15) is 16.3 Å². The summed E-state index contributed by atoms with van der Waals surface area (Å²) in [5, 5.41) is 3.03. The first-order valence-corrected chi connectivity index (χ1v) is 8.50. The van der Waals surface area contributed by atoms with E-state index in [0.29, 0.717) is 22.0 Å². The Kier molecular flexibility index (Phi) is 4.33. The maximum Gasteiger partial charge on any atom is 0.241 e. The number of hydrogen-bond acceptors (Lipinski definition) is 5. The number of anilines is 1. The van der Waals surface area contributed by atoms with Gasteiger partial charge >= 0.3 is 0 Å². The Morgan fingerprint density at radius 3 is 2.65 bits per heavy atom. The van der Waals surface area contributed by atoms with E-state index in [2.05, 4.69) is 9.71 Å². The summed E-state index contributed by atoms with van der Waals surface area (Å²) in [4.78, 5) is 4.25. The Hall–Kier alpha value is -1.15. The van der Waals surface area contributed by atoms with Crippen LogP contribution in [0, 0.1) is 13.8 Å². The van der Waals surface area contributed by atoms with E-state index in [1.54, 1.807) is 6.92 Å². The summed E-state index contributed by atoms with van der Waals surface area (Å²) >= 11 is 7.43. The fourth-order valence-electron chi connectivity index (χ4n) is 1.57. The van der Waals surface area contributed by atoms with Crippen LogP contribution in [-0.4, -0.2) is 13.4 Å². The van der Waals surface area contributed by atoms with E-state index >= 15 is 0 Å². The zero-order valence-electron chi connectivity index (χ0n) is 11.0. The molecular weight excluding hydrogens is 318 g/mol. The van der Waals surface area contributed by atoms with E-state index in [0.717, 1.165) is 5.01 Å². The quantitative estimate of drug-likeness (QED) is 0.843. The third-order valence-corrected chi connectivity index (χ3v) is 5.37. The van der Waals surface area contributed by atoms with Crippen molar-refractivity contribution in [3.8, 4) is 0 Å². The van der Waals surface area contributed by atoms with Gasteiger partial charge in [0.1, 0.15) is 0 Å². The molecule has 0 saturated heterocycles. The van der Waals surface area contributed by atoms with E-state index in [1.807, 2.05) is 12.3 Å². The predicted molar refractivity (Wildman–Crippen MR) is 81.5 cm³/mol. The normalized spacial score (nSPS) is 11.8. The van der Waals surface area contributed by atoms with Crippen LogP contribution in [0.5, 0.6) is 0 Å². The summed E-state index contributed by atoms with van der Waals surface area (Å²) in [5.74, 6) is 0. The van der Waals surface area contributed by atoms with Crippen molar-refractivity contribution in [3.63, 3.8) is 0 Å². The standard InChI is InChI=1S/C12H14ClN3O2S2/c1-7-11(13)3-10(4-12(7)14)20(17,18)15-5-9-6-19-8(2)16-9/h3-4,6,15H,5,14H2,1-2H3. The first-order valence-electron chi connectivity index (χ1n) is 5.76. The van der Waals surface area contributed by atoms with Crippen molar-refractivity contribution in [1.29, 1.82) is 0 Å². The largest absolute Gasteiger partial charge is 0.398 e. The molecule has 1 heterocycles. The molecule has 8 heteroatoms. The number of hydrogen-bond donors (Lipinski definition) is 2. The molecule has 20 heavy (non-hydrogen) atoms. The van der Waals surface area contributed by atoms with E-state index in [4.69, 9.17) is 17.3 Å². The molecule has 0 atom stereocenters. The maximum absolute atomic E-state index is 12.2. The van der Waals surface area contributed by atoms with Crippen molar-refractivity contribution in [2.24, 2.45) is 0 Å². The fourth-order valence-corrected chi connectivity index (χ4v) is 3.53. The Balaban J connectivity index is 2.22. The Morgan fingerprint density at radius 1 is 1.40 bits per heavy atom. The number of nitrogens with one attached hydrogen (secondary N) is 1. The van der Waals surface area contributed by atoms with Gasteiger partial charge in [-0.05, 0) is 31.5 Å². The van der Waals surface area contributed by atoms with Crippen LogP contribution in [0.2, 0.25) is 5.02 Å². The second kappa shape index (κ2) is 5.69. The Bertz CT molecular complexity index is 718. The Morgan fingerprint density at radius 2 is 2.10 bits per heavy atom. The summed E-state index contributed by atoms with van der Waals surface area (Å²) in [7, 11) is -3.66. The van der Waals surface area contributed by atoms with Crippen LogP contribution in [0.15, 0.2) is 22.4 Å². The molecule has 2 rings (SSSR count). The van der Waals surface area contributed by atoms with Gasteiger partial charge < -0.3 is 5.73 Å². The molecule has 1 aromatic carbocycles. The van der Waals surface area contributed by atoms with Crippen LogP contribution in [0.25, 0.3) is 0 Å². The molecule has 0 bridgehead atoms.